The van der Waals surface area contributed by atoms with Gasteiger partial charge in [-0.05, 0) is 6.42 Å². The van der Waals surface area contributed by atoms with Crippen molar-refractivity contribution in [1.82, 2.24) is 15.3 Å². The van der Waals surface area contributed by atoms with Crippen LogP contribution in [0.3, 0.4) is 0 Å². The second kappa shape index (κ2) is 6.01. The molecule has 1 rings (SSSR count). The van der Waals surface area contributed by atoms with Crippen molar-refractivity contribution in [2.45, 2.75) is 13.3 Å². The van der Waals surface area contributed by atoms with Crippen LogP contribution in [-0.2, 0) is 0 Å². The van der Waals surface area contributed by atoms with E-state index in [1.165, 1.54) is 0 Å². The predicted octanol–water partition coefficient (Wildman–Crippen LogP) is -0.00510. The monoisotopic (exact) mass is 273 g/mol. The maximum absolute atomic E-state index is 11.7. The van der Waals surface area contributed by atoms with Gasteiger partial charge in [0.2, 0.25) is 0 Å². The third-order valence-electron chi connectivity index (χ3n) is 1.87. The fourth-order valence-corrected chi connectivity index (χ4v) is 1.18. The number of hydrogen-bond acceptors (Lipinski definition) is 6. The van der Waals surface area contributed by atoms with Crippen molar-refractivity contribution in [3.63, 3.8) is 0 Å². The molecule has 0 fully saturated rings. The molecule has 1 aromatic rings. The standard InChI is InChI=1S/C9H14ClN7O.H2/c1-2-3-14-9(13)17-8(18)4-6(11)16-7(12)5(10)15-4;/h2-3H2,1H3,(H4,11,12,16)(H3,13,14,17,18);1H. The molecule has 0 unspecified atom stereocenters. The maximum atomic E-state index is 11.7. The minimum atomic E-state index is -0.640. The summed E-state index contributed by atoms with van der Waals surface area (Å²) in [5, 5.41) is 2.23. The fraction of sp³-hybridized carbons (Fsp3) is 0.333. The van der Waals surface area contributed by atoms with Gasteiger partial charge in [-0.3, -0.25) is 15.1 Å². The second-order valence-corrected chi connectivity index (χ2v) is 3.71. The number of carbonyl (C=O) groups excluding carboxylic acids is 1. The molecule has 0 spiro atoms. The molecular formula is C9H16ClN7O. The lowest BCUT2D eigenvalue weighted by Gasteiger charge is -2.07. The van der Waals surface area contributed by atoms with Gasteiger partial charge in [-0.15, -0.1) is 0 Å². The quantitative estimate of drug-likeness (QED) is 0.450. The molecular weight excluding hydrogens is 258 g/mol. The zero-order valence-corrected chi connectivity index (χ0v) is 10.5. The van der Waals surface area contributed by atoms with E-state index in [-0.39, 0.29) is 29.9 Å². The first-order valence-electron chi connectivity index (χ1n) is 5.15. The summed E-state index contributed by atoms with van der Waals surface area (Å²) in [6, 6.07) is 0. The van der Waals surface area contributed by atoms with Crippen LogP contribution in [0.4, 0.5) is 11.6 Å². The Balaban J connectivity index is 0.00000324. The molecule has 0 radical (unpaired) electrons. The van der Waals surface area contributed by atoms with Gasteiger partial charge in [0.25, 0.3) is 5.91 Å². The number of nitrogens with two attached hydrogens (primary N) is 3. The Morgan fingerprint density at radius 1 is 1.44 bits per heavy atom. The van der Waals surface area contributed by atoms with E-state index in [1.54, 1.807) is 0 Å². The fourth-order valence-electron chi connectivity index (χ4n) is 1.06. The van der Waals surface area contributed by atoms with E-state index in [0.717, 1.165) is 6.42 Å². The molecule has 0 bridgehead atoms. The van der Waals surface area contributed by atoms with Crippen LogP contribution in [0.25, 0.3) is 0 Å². The maximum Gasteiger partial charge on any atom is 0.280 e. The largest absolute Gasteiger partial charge is 0.382 e. The molecule has 1 amide bonds. The van der Waals surface area contributed by atoms with Crippen LogP contribution in [-0.4, -0.2) is 28.4 Å². The molecule has 0 aliphatic heterocycles. The molecule has 0 aliphatic rings. The topological polar surface area (TPSA) is 145 Å². The molecule has 1 heterocycles. The number of nitrogen functional groups attached to an aromatic ring is 2. The van der Waals surface area contributed by atoms with Gasteiger partial charge in [-0.2, -0.15) is 0 Å². The molecule has 18 heavy (non-hydrogen) atoms. The highest BCUT2D eigenvalue weighted by Crippen LogP contribution is 2.16. The van der Waals surface area contributed by atoms with E-state index in [2.05, 4.69) is 20.3 Å². The number of aromatic nitrogens is 2. The van der Waals surface area contributed by atoms with Gasteiger partial charge in [0.1, 0.15) is 0 Å². The van der Waals surface area contributed by atoms with Crippen molar-refractivity contribution in [1.29, 1.82) is 0 Å². The van der Waals surface area contributed by atoms with Crippen LogP contribution in [0.1, 0.15) is 25.3 Å². The van der Waals surface area contributed by atoms with Crippen molar-refractivity contribution in [2.75, 3.05) is 18.0 Å². The first-order chi connectivity index (χ1) is 8.45. The van der Waals surface area contributed by atoms with Gasteiger partial charge in [-0.25, -0.2) is 9.97 Å². The Bertz CT molecular complexity index is 494. The number of rotatable bonds is 3. The van der Waals surface area contributed by atoms with E-state index >= 15 is 0 Å². The van der Waals surface area contributed by atoms with Crippen molar-refractivity contribution in [3.8, 4) is 0 Å². The summed E-state index contributed by atoms with van der Waals surface area (Å²) in [6.07, 6.45) is 0.812. The number of amides is 1. The Hall–Kier alpha value is -2.09. The lowest BCUT2D eigenvalue weighted by Crippen LogP contribution is -2.38. The minimum Gasteiger partial charge on any atom is -0.382 e. The molecule has 0 atom stereocenters. The van der Waals surface area contributed by atoms with Crippen molar-refractivity contribution in [3.05, 3.63) is 10.8 Å². The van der Waals surface area contributed by atoms with Gasteiger partial charge in [0, 0.05) is 7.97 Å². The van der Waals surface area contributed by atoms with Crippen LogP contribution in [0, 0.1) is 0 Å². The van der Waals surface area contributed by atoms with Gasteiger partial charge in [0.05, 0.1) is 0 Å². The summed E-state index contributed by atoms with van der Waals surface area (Å²) >= 11 is 5.65. The zero-order chi connectivity index (χ0) is 13.7. The number of anilines is 2. The minimum absolute atomic E-state index is 0. The lowest BCUT2D eigenvalue weighted by molar-refractivity contribution is 0.0972. The summed E-state index contributed by atoms with van der Waals surface area (Å²) in [6.45, 7) is 2.44. The van der Waals surface area contributed by atoms with Crippen LogP contribution in [0.15, 0.2) is 4.99 Å². The number of carbonyl (C=O) groups is 1. The van der Waals surface area contributed by atoms with Crippen LogP contribution in [0.2, 0.25) is 5.15 Å². The van der Waals surface area contributed by atoms with Crippen LogP contribution < -0.4 is 22.5 Å². The second-order valence-electron chi connectivity index (χ2n) is 3.35. The van der Waals surface area contributed by atoms with Gasteiger partial charge in [-0.1, -0.05) is 18.5 Å². The van der Waals surface area contributed by atoms with Crippen LogP contribution >= 0.6 is 11.6 Å². The SMILES string of the molecule is CCCN=C(N)NC(=O)c1nc(Cl)c(N)nc1N.[HH]. The Morgan fingerprint density at radius 2 is 2.11 bits per heavy atom. The van der Waals surface area contributed by atoms with Gasteiger partial charge >= 0.3 is 0 Å². The summed E-state index contributed by atoms with van der Waals surface area (Å²) in [4.78, 5) is 23.1. The summed E-state index contributed by atoms with van der Waals surface area (Å²) in [5.74, 6) is -0.828. The summed E-state index contributed by atoms with van der Waals surface area (Å²) < 4.78 is 0. The molecule has 0 saturated carbocycles. The molecule has 9 heteroatoms. The Kier molecular flexibility index (Phi) is 4.67. The number of guanidine groups is 1. The average Bonchev–Trinajstić information content (AvgIpc) is 2.31. The Morgan fingerprint density at radius 3 is 2.72 bits per heavy atom. The highest BCUT2D eigenvalue weighted by atomic mass is 35.5. The molecule has 0 aromatic carbocycles. The number of hydrogen-bond donors (Lipinski definition) is 4. The third-order valence-corrected chi connectivity index (χ3v) is 2.15. The average molecular weight is 274 g/mol. The van der Waals surface area contributed by atoms with Crippen LogP contribution in [0.5, 0.6) is 0 Å². The van der Waals surface area contributed by atoms with Crippen molar-refractivity contribution >= 4 is 35.1 Å². The number of nitrogens with one attached hydrogen (secondary N) is 1. The van der Waals surface area contributed by atoms with Gasteiger partial charge < -0.3 is 17.2 Å². The van der Waals surface area contributed by atoms with E-state index in [0.29, 0.717) is 6.54 Å². The van der Waals surface area contributed by atoms with E-state index < -0.39 is 5.91 Å². The van der Waals surface area contributed by atoms with Gasteiger partial charge in [0.15, 0.2) is 28.4 Å². The molecule has 1 aromatic heterocycles. The number of nitrogens with zero attached hydrogens (tertiary/aromatic N) is 3. The highest BCUT2D eigenvalue weighted by Gasteiger charge is 2.16. The Labute approximate surface area is 110 Å². The molecule has 100 valence electrons. The molecule has 7 N–H and O–H groups in total. The molecule has 0 aliphatic carbocycles. The summed E-state index contributed by atoms with van der Waals surface area (Å²) in [5.41, 5.74) is 16.2. The predicted molar refractivity (Wildman–Crippen MR) is 72.2 cm³/mol. The third kappa shape index (κ3) is 3.45. The first kappa shape index (κ1) is 14.0. The first-order valence-corrected chi connectivity index (χ1v) is 5.53. The highest BCUT2D eigenvalue weighted by molar-refractivity contribution is 6.31. The zero-order valence-electron chi connectivity index (χ0n) is 9.77. The molecule has 0 saturated heterocycles. The number of aliphatic imine (C=N–C) groups is 1. The normalized spacial score (nSPS) is 11.3. The summed E-state index contributed by atoms with van der Waals surface area (Å²) in [7, 11) is 0. The van der Waals surface area contributed by atoms with Crippen molar-refractivity contribution < 1.29 is 6.22 Å². The van der Waals surface area contributed by atoms with Crippen molar-refractivity contribution in [2.24, 2.45) is 10.7 Å². The lowest BCUT2D eigenvalue weighted by atomic mass is 10.4. The smallest absolute Gasteiger partial charge is 0.280 e. The molecule has 8 nitrogen and oxygen atoms in total. The van der Waals surface area contributed by atoms with E-state index in [1.807, 2.05) is 6.92 Å². The number of halogens is 1. The van der Waals surface area contributed by atoms with E-state index in [4.69, 9.17) is 28.8 Å². The van der Waals surface area contributed by atoms with E-state index in [9.17, 15) is 4.79 Å².